The Kier molecular flexibility index (Phi) is 4.69. The molecule has 1 amide bonds. The molecule has 0 aliphatic carbocycles. The van der Waals surface area contributed by atoms with E-state index in [-0.39, 0.29) is 11.0 Å². The number of carbonyl (C=O) groups excluding carboxylic acids is 2. The summed E-state index contributed by atoms with van der Waals surface area (Å²) in [5.41, 5.74) is 0.130. The quantitative estimate of drug-likeness (QED) is 0.893. The molecule has 0 aliphatic rings. The van der Waals surface area contributed by atoms with Crippen LogP contribution < -0.4 is 5.32 Å². The van der Waals surface area contributed by atoms with Gasteiger partial charge < -0.3 is 5.32 Å². The van der Waals surface area contributed by atoms with E-state index in [1.54, 1.807) is 24.5 Å². The summed E-state index contributed by atoms with van der Waals surface area (Å²) in [7, 11) is 0. The molecule has 1 rings (SSSR count). The molecule has 92 valence electrons. The second-order valence-corrected chi connectivity index (χ2v) is 5.51. The minimum atomic E-state index is -0.584. The van der Waals surface area contributed by atoms with E-state index < -0.39 is 5.41 Å². The first-order valence-corrected chi connectivity index (χ1v) is 6.25. The highest BCUT2D eigenvalue weighted by atomic mass is 32.2. The van der Waals surface area contributed by atoms with Crippen molar-refractivity contribution < 1.29 is 9.59 Å². The van der Waals surface area contributed by atoms with Gasteiger partial charge in [-0.05, 0) is 12.1 Å². The van der Waals surface area contributed by atoms with Gasteiger partial charge in [-0.1, -0.05) is 25.6 Å². The number of amides is 1. The lowest BCUT2D eigenvalue weighted by Crippen LogP contribution is -2.33. The Morgan fingerprint density at radius 1 is 1.35 bits per heavy atom. The fourth-order valence-corrected chi connectivity index (χ4v) is 1.78. The Hall–Kier alpha value is -1.36. The van der Waals surface area contributed by atoms with Crippen LogP contribution >= 0.6 is 11.8 Å². The summed E-state index contributed by atoms with van der Waals surface area (Å²) in [4.78, 5) is 26.8. The van der Waals surface area contributed by atoms with Crippen LogP contribution in [-0.2, 0) is 9.59 Å². The molecule has 0 aliphatic heterocycles. The average molecular weight is 252 g/mol. The van der Waals surface area contributed by atoms with Crippen molar-refractivity contribution in [2.45, 2.75) is 20.8 Å². The molecule has 0 saturated carbocycles. The minimum Gasteiger partial charge on any atom is -0.325 e. The van der Waals surface area contributed by atoms with Crippen molar-refractivity contribution in [2.24, 2.45) is 5.41 Å². The lowest BCUT2D eigenvalue weighted by Gasteiger charge is -2.22. The zero-order valence-electron chi connectivity index (χ0n) is 10.2. The standard InChI is InChI=1S/C12H16N2O2S/c1-9(15)17-8-12(2,3)11(16)14-10-4-6-13-7-5-10/h4-7H,8H2,1-3H3,(H,13,14,16). The van der Waals surface area contributed by atoms with Gasteiger partial charge in [-0.25, -0.2) is 0 Å². The number of hydrogen-bond acceptors (Lipinski definition) is 4. The summed E-state index contributed by atoms with van der Waals surface area (Å²) in [6.07, 6.45) is 3.24. The molecule has 0 aromatic carbocycles. The number of carbonyl (C=O) groups is 2. The molecule has 1 N–H and O–H groups in total. The molecular weight excluding hydrogens is 236 g/mol. The van der Waals surface area contributed by atoms with Crippen LogP contribution in [0.2, 0.25) is 0 Å². The highest BCUT2D eigenvalue weighted by molar-refractivity contribution is 8.13. The number of rotatable bonds is 4. The van der Waals surface area contributed by atoms with Crippen molar-refractivity contribution in [1.82, 2.24) is 4.98 Å². The molecule has 0 fully saturated rings. The van der Waals surface area contributed by atoms with E-state index in [2.05, 4.69) is 10.3 Å². The Balaban J connectivity index is 2.60. The molecule has 0 atom stereocenters. The summed E-state index contributed by atoms with van der Waals surface area (Å²) in [5.74, 6) is 0.372. The molecule has 0 saturated heterocycles. The second-order valence-electron chi connectivity index (χ2n) is 4.35. The highest BCUT2D eigenvalue weighted by Gasteiger charge is 2.28. The predicted molar refractivity (Wildman–Crippen MR) is 69.8 cm³/mol. The third-order valence-electron chi connectivity index (χ3n) is 2.19. The van der Waals surface area contributed by atoms with Crippen LogP contribution in [0.15, 0.2) is 24.5 Å². The Bertz CT molecular complexity index is 404. The Morgan fingerprint density at radius 3 is 2.47 bits per heavy atom. The van der Waals surface area contributed by atoms with Crippen LogP contribution in [0.4, 0.5) is 5.69 Å². The second kappa shape index (κ2) is 5.82. The van der Waals surface area contributed by atoms with Crippen LogP contribution in [0.25, 0.3) is 0 Å². The molecule has 0 radical (unpaired) electrons. The van der Waals surface area contributed by atoms with Gasteiger partial charge in [0.05, 0.1) is 5.41 Å². The number of nitrogens with zero attached hydrogens (tertiary/aromatic N) is 1. The van der Waals surface area contributed by atoms with E-state index >= 15 is 0 Å². The minimum absolute atomic E-state index is 0.0230. The Morgan fingerprint density at radius 2 is 1.94 bits per heavy atom. The normalized spacial score (nSPS) is 11.0. The molecule has 17 heavy (non-hydrogen) atoms. The van der Waals surface area contributed by atoms with Crippen LogP contribution in [0, 0.1) is 5.41 Å². The molecule has 5 heteroatoms. The summed E-state index contributed by atoms with van der Waals surface area (Å²) < 4.78 is 0. The number of hydrogen-bond donors (Lipinski definition) is 1. The molecule has 0 spiro atoms. The van der Waals surface area contributed by atoms with E-state index in [4.69, 9.17) is 0 Å². The van der Waals surface area contributed by atoms with Crippen molar-refractivity contribution in [2.75, 3.05) is 11.1 Å². The van der Waals surface area contributed by atoms with Crippen molar-refractivity contribution in [1.29, 1.82) is 0 Å². The number of thioether (sulfide) groups is 1. The van der Waals surface area contributed by atoms with Gasteiger partial charge in [0.15, 0.2) is 5.12 Å². The maximum absolute atomic E-state index is 12.0. The number of aromatic nitrogens is 1. The zero-order valence-corrected chi connectivity index (χ0v) is 11.0. The van der Waals surface area contributed by atoms with Gasteiger partial charge in [-0.3, -0.25) is 14.6 Å². The third kappa shape index (κ3) is 4.56. The molecule has 1 aromatic heterocycles. The maximum Gasteiger partial charge on any atom is 0.230 e. The first-order valence-electron chi connectivity index (χ1n) is 5.27. The molecule has 0 unspecified atom stereocenters. The van der Waals surface area contributed by atoms with Gasteiger partial charge in [0.1, 0.15) is 0 Å². The summed E-state index contributed by atoms with van der Waals surface area (Å²) in [6, 6.07) is 3.46. The van der Waals surface area contributed by atoms with Crippen molar-refractivity contribution in [3.63, 3.8) is 0 Å². The first kappa shape index (κ1) is 13.7. The van der Waals surface area contributed by atoms with E-state index in [1.165, 1.54) is 18.7 Å². The molecule has 1 heterocycles. The van der Waals surface area contributed by atoms with Crippen LogP contribution in [0.5, 0.6) is 0 Å². The maximum atomic E-state index is 12.0. The largest absolute Gasteiger partial charge is 0.325 e. The topological polar surface area (TPSA) is 59.1 Å². The average Bonchev–Trinajstić information content (AvgIpc) is 2.28. The molecule has 1 aromatic rings. The van der Waals surface area contributed by atoms with Gasteiger partial charge >= 0.3 is 0 Å². The van der Waals surface area contributed by atoms with Gasteiger partial charge in [0.25, 0.3) is 0 Å². The van der Waals surface area contributed by atoms with Crippen molar-refractivity contribution >= 4 is 28.5 Å². The fourth-order valence-electron chi connectivity index (χ4n) is 1.08. The van der Waals surface area contributed by atoms with Crippen LogP contribution in [0.1, 0.15) is 20.8 Å². The lowest BCUT2D eigenvalue weighted by atomic mass is 9.95. The summed E-state index contributed by atoms with van der Waals surface area (Å²) >= 11 is 1.17. The van der Waals surface area contributed by atoms with E-state index in [0.29, 0.717) is 11.4 Å². The van der Waals surface area contributed by atoms with Gasteiger partial charge in [-0.15, -0.1) is 0 Å². The third-order valence-corrected chi connectivity index (χ3v) is 3.46. The number of nitrogens with one attached hydrogen (secondary N) is 1. The SMILES string of the molecule is CC(=O)SCC(C)(C)C(=O)Nc1ccncc1. The van der Waals surface area contributed by atoms with Gasteiger partial charge in [0.2, 0.25) is 5.91 Å². The van der Waals surface area contributed by atoms with E-state index in [9.17, 15) is 9.59 Å². The predicted octanol–water partition coefficient (Wildman–Crippen LogP) is 2.33. The number of anilines is 1. The smallest absolute Gasteiger partial charge is 0.230 e. The Labute approximate surface area is 105 Å². The van der Waals surface area contributed by atoms with Crippen LogP contribution in [0.3, 0.4) is 0 Å². The van der Waals surface area contributed by atoms with Gasteiger partial charge in [-0.2, -0.15) is 0 Å². The fraction of sp³-hybridized carbons (Fsp3) is 0.417. The summed E-state index contributed by atoms with van der Waals surface area (Å²) in [5, 5.41) is 2.83. The number of pyridine rings is 1. The highest BCUT2D eigenvalue weighted by Crippen LogP contribution is 2.24. The molecule has 0 bridgehead atoms. The van der Waals surface area contributed by atoms with Crippen molar-refractivity contribution in [3.8, 4) is 0 Å². The van der Waals surface area contributed by atoms with Crippen LogP contribution in [-0.4, -0.2) is 21.8 Å². The molecule has 4 nitrogen and oxygen atoms in total. The van der Waals surface area contributed by atoms with Crippen molar-refractivity contribution in [3.05, 3.63) is 24.5 Å². The van der Waals surface area contributed by atoms with E-state index in [0.717, 1.165) is 0 Å². The lowest BCUT2D eigenvalue weighted by molar-refractivity contribution is -0.122. The summed E-state index contributed by atoms with van der Waals surface area (Å²) in [6.45, 7) is 5.14. The molecular formula is C12H16N2O2S. The first-order chi connectivity index (χ1) is 7.92. The van der Waals surface area contributed by atoms with Gasteiger partial charge in [0, 0.05) is 30.8 Å². The zero-order chi connectivity index (χ0) is 12.9. The van der Waals surface area contributed by atoms with E-state index in [1.807, 2.05) is 13.8 Å². The monoisotopic (exact) mass is 252 g/mol.